The van der Waals surface area contributed by atoms with E-state index in [0.717, 1.165) is 36.0 Å². The van der Waals surface area contributed by atoms with Crippen LogP contribution in [0.4, 0.5) is 0 Å². The summed E-state index contributed by atoms with van der Waals surface area (Å²) >= 11 is 5.93. The van der Waals surface area contributed by atoms with Gasteiger partial charge in [0.15, 0.2) is 0 Å². The number of ether oxygens (including phenoxy) is 1. The van der Waals surface area contributed by atoms with Crippen LogP contribution in [-0.2, 0) is 12.8 Å². The van der Waals surface area contributed by atoms with Crippen LogP contribution < -0.4 is 10.1 Å². The van der Waals surface area contributed by atoms with Gasteiger partial charge in [0.25, 0.3) is 0 Å². The number of rotatable bonds is 7. The van der Waals surface area contributed by atoms with Gasteiger partial charge in [0.1, 0.15) is 11.3 Å². The molecular formula is C26H26ClNO4. The molecule has 0 saturated carbocycles. The molecule has 3 aromatic carbocycles. The molecule has 3 N–H and O–H groups in total. The Labute approximate surface area is 192 Å². The van der Waals surface area contributed by atoms with E-state index in [9.17, 15) is 15.0 Å². The third-order valence-corrected chi connectivity index (χ3v) is 6.31. The Hall–Kier alpha value is -2.86. The number of carboxylic acids is 1. The Balaban J connectivity index is 1.46. The third kappa shape index (κ3) is 4.96. The van der Waals surface area contributed by atoms with Crippen molar-refractivity contribution in [3.05, 3.63) is 87.9 Å². The Kier molecular flexibility index (Phi) is 6.80. The maximum absolute atomic E-state index is 11.4. The Morgan fingerprint density at radius 1 is 1.09 bits per heavy atom. The van der Waals surface area contributed by atoms with Gasteiger partial charge in [-0.2, -0.15) is 0 Å². The van der Waals surface area contributed by atoms with Gasteiger partial charge in [-0.1, -0.05) is 48.0 Å². The average molecular weight is 452 g/mol. The lowest BCUT2D eigenvalue weighted by molar-refractivity contribution is 0.0693. The van der Waals surface area contributed by atoms with Gasteiger partial charge in [0, 0.05) is 17.6 Å². The van der Waals surface area contributed by atoms with Gasteiger partial charge in [-0.25, -0.2) is 4.79 Å². The second-order valence-electron chi connectivity index (χ2n) is 8.12. The van der Waals surface area contributed by atoms with Gasteiger partial charge in [0.2, 0.25) is 0 Å². The Bertz CT molecular complexity index is 1110. The van der Waals surface area contributed by atoms with E-state index >= 15 is 0 Å². The minimum absolute atomic E-state index is 0.151. The number of fused-ring (bicyclic) bond motifs is 1. The summed E-state index contributed by atoms with van der Waals surface area (Å²) in [5.41, 5.74) is 5.55. The lowest BCUT2D eigenvalue weighted by Crippen LogP contribution is -2.37. The second-order valence-corrected chi connectivity index (χ2v) is 8.56. The first kappa shape index (κ1) is 22.3. The SMILES string of the molecule is COc1cc(-c2ccc3c(c2)C[C@@H](NC[C@@H](O)c2ccc(Cl)cc2)CC3)ccc1C(=O)O. The van der Waals surface area contributed by atoms with Crippen LogP contribution >= 0.6 is 11.6 Å². The van der Waals surface area contributed by atoms with E-state index in [0.29, 0.717) is 17.3 Å². The topological polar surface area (TPSA) is 78.8 Å². The molecule has 0 bridgehead atoms. The zero-order valence-corrected chi connectivity index (χ0v) is 18.6. The predicted octanol–water partition coefficient (Wildman–Crippen LogP) is 4.89. The molecule has 0 unspecified atom stereocenters. The van der Waals surface area contributed by atoms with Gasteiger partial charge in [0.05, 0.1) is 13.2 Å². The molecule has 0 aromatic heterocycles. The summed E-state index contributed by atoms with van der Waals surface area (Å²) in [6.07, 6.45) is 2.29. The number of hydrogen-bond acceptors (Lipinski definition) is 4. The van der Waals surface area contributed by atoms with Crippen LogP contribution in [0.5, 0.6) is 5.75 Å². The maximum atomic E-state index is 11.4. The van der Waals surface area contributed by atoms with E-state index in [4.69, 9.17) is 16.3 Å². The zero-order chi connectivity index (χ0) is 22.7. The molecule has 4 rings (SSSR count). The summed E-state index contributed by atoms with van der Waals surface area (Å²) in [5, 5.41) is 24.0. The molecule has 0 amide bonds. The van der Waals surface area contributed by atoms with E-state index in [-0.39, 0.29) is 11.6 Å². The lowest BCUT2D eigenvalue weighted by Gasteiger charge is -2.27. The van der Waals surface area contributed by atoms with E-state index in [1.165, 1.54) is 18.2 Å². The fourth-order valence-electron chi connectivity index (χ4n) is 4.24. The number of aryl methyl sites for hydroxylation is 1. The minimum Gasteiger partial charge on any atom is -0.496 e. The first-order valence-electron chi connectivity index (χ1n) is 10.6. The van der Waals surface area contributed by atoms with Gasteiger partial charge >= 0.3 is 5.97 Å². The molecule has 3 aromatic rings. The molecule has 0 aliphatic heterocycles. The van der Waals surface area contributed by atoms with Crippen LogP contribution in [0.3, 0.4) is 0 Å². The molecule has 5 nitrogen and oxygen atoms in total. The monoisotopic (exact) mass is 451 g/mol. The normalized spacial score (nSPS) is 16.3. The van der Waals surface area contributed by atoms with Crippen LogP contribution in [0.2, 0.25) is 5.02 Å². The number of nitrogens with one attached hydrogen (secondary N) is 1. The number of methoxy groups -OCH3 is 1. The van der Waals surface area contributed by atoms with Gasteiger partial charge in [-0.3, -0.25) is 0 Å². The molecule has 0 heterocycles. The summed E-state index contributed by atoms with van der Waals surface area (Å²) in [7, 11) is 1.48. The van der Waals surface area contributed by atoms with Gasteiger partial charge < -0.3 is 20.3 Å². The van der Waals surface area contributed by atoms with Crippen molar-refractivity contribution in [3.63, 3.8) is 0 Å². The molecule has 0 spiro atoms. The Morgan fingerprint density at radius 2 is 1.81 bits per heavy atom. The van der Waals surface area contributed by atoms with Crippen LogP contribution in [0.1, 0.15) is 39.6 Å². The van der Waals surface area contributed by atoms with E-state index in [1.807, 2.05) is 18.2 Å². The maximum Gasteiger partial charge on any atom is 0.339 e. The van der Waals surface area contributed by atoms with E-state index in [2.05, 4.69) is 23.5 Å². The van der Waals surface area contributed by atoms with Gasteiger partial charge in [-0.15, -0.1) is 0 Å². The highest BCUT2D eigenvalue weighted by Crippen LogP contribution is 2.31. The van der Waals surface area contributed by atoms with Crippen molar-refractivity contribution in [2.75, 3.05) is 13.7 Å². The van der Waals surface area contributed by atoms with E-state index < -0.39 is 12.1 Å². The molecule has 0 radical (unpaired) electrons. The molecular weight excluding hydrogens is 426 g/mol. The van der Waals surface area contributed by atoms with Crippen molar-refractivity contribution in [3.8, 4) is 16.9 Å². The lowest BCUT2D eigenvalue weighted by atomic mass is 9.86. The van der Waals surface area contributed by atoms with Crippen LogP contribution in [0.25, 0.3) is 11.1 Å². The van der Waals surface area contributed by atoms with E-state index in [1.54, 1.807) is 24.3 Å². The molecule has 0 saturated heterocycles. The van der Waals surface area contributed by atoms with Crippen LogP contribution in [-0.4, -0.2) is 35.9 Å². The first-order chi connectivity index (χ1) is 15.4. The molecule has 166 valence electrons. The summed E-state index contributed by atoms with van der Waals surface area (Å²) in [5.74, 6) is -0.656. The highest BCUT2D eigenvalue weighted by atomic mass is 35.5. The van der Waals surface area contributed by atoms with Crippen molar-refractivity contribution < 1.29 is 19.7 Å². The van der Waals surface area contributed by atoms with Crippen molar-refractivity contribution in [1.82, 2.24) is 5.32 Å². The minimum atomic E-state index is -1.01. The van der Waals surface area contributed by atoms with Crippen molar-refractivity contribution in [1.29, 1.82) is 0 Å². The van der Waals surface area contributed by atoms with Crippen LogP contribution in [0.15, 0.2) is 60.7 Å². The molecule has 6 heteroatoms. The summed E-state index contributed by atoms with van der Waals surface area (Å²) in [6.45, 7) is 0.481. The third-order valence-electron chi connectivity index (χ3n) is 6.05. The van der Waals surface area contributed by atoms with Crippen molar-refractivity contribution >= 4 is 17.6 Å². The number of aromatic carboxylic acids is 1. The summed E-state index contributed by atoms with van der Waals surface area (Å²) in [4.78, 5) is 11.4. The molecule has 1 aliphatic carbocycles. The summed E-state index contributed by atoms with van der Waals surface area (Å²) in [6, 6.07) is 19.1. The molecule has 0 fully saturated rings. The van der Waals surface area contributed by atoms with Crippen LogP contribution in [0, 0.1) is 0 Å². The fourth-order valence-corrected chi connectivity index (χ4v) is 4.37. The highest BCUT2D eigenvalue weighted by molar-refractivity contribution is 6.30. The average Bonchev–Trinajstić information content (AvgIpc) is 2.82. The number of carbonyl (C=O) groups is 1. The number of benzene rings is 3. The molecule has 2 atom stereocenters. The second kappa shape index (κ2) is 9.74. The van der Waals surface area contributed by atoms with Gasteiger partial charge in [-0.05, 0) is 71.3 Å². The number of halogens is 1. The standard InChI is InChI=1S/C26H26ClNO4/c1-32-25-14-19(7-11-23(25)26(30)31)18-3-2-16-6-10-22(13-20(16)12-18)28-15-24(29)17-4-8-21(27)9-5-17/h2-5,7-9,11-12,14,22,24,28-29H,6,10,13,15H2,1H3,(H,30,31)/t22-,24+/m0/s1. The van der Waals surface area contributed by atoms with Crippen molar-refractivity contribution in [2.45, 2.75) is 31.4 Å². The molecule has 1 aliphatic rings. The Morgan fingerprint density at radius 3 is 2.53 bits per heavy atom. The molecule has 32 heavy (non-hydrogen) atoms. The smallest absolute Gasteiger partial charge is 0.339 e. The predicted molar refractivity (Wildman–Crippen MR) is 126 cm³/mol. The number of aliphatic hydroxyl groups is 1. The summed E-state index contributed by atoms with van der Waals surface area (Å²) < 4.78 is 5.27. The number of carboxylic acid groups (broad SMARTS) is 1. The number of aliphatic hydroxyl groups excluding tert-OH is 1. The number of hydrogen-bond donors (Lipinski definition) is 3. The quantitative estimate of drug-likeness (QED) is 0.476. The fraction of sp³-hybridized carbons (Fsp3) is 0.269. The highest BCUT2D eigenvalue weighted by Gasteiger charge is 2.20. The zero-order valence-electron chi connectivity index (χ0n) is 17.8. The van der Waals surface area contributed by atoms with Crippen molar-refractivity contribution in [2.24, 2.45) is 0 Å². The first-order valence-corrected chi connectivity index (χ1v) is 11.0. The largest absolute Gasteiger partial charge is 0.496 e.